The van der Waals surface area contributed by atoms with Crippen LogP contribution in [-0.4, -0.2) is 55.2 Å². The van der Waals surface area contributed by atoms with Gasteiger partial charge in [-0.25, -0.2) is 4.79 Å². The first-order chi connectivity index (χ1) is 7.26. The molecule has 92 valence electrons. The van der Waals surface area contributed by atoms with E-state index in [0.29, 0.717) is 19.6 Å². The van der Waals surface area contributed by atoms with Crippen LogP contribution in [0.3, 0.4) is 0 Å². The van der Waals surface area contributed by atoms with E-state index in [2.05, 4.69) is 0 Å². The number of nitriles is 1. The number of carbonyl (C=O) groups is 1. The van der Waals surface area contributed by atoms with Gasteiger partial charge >= 0.3 is 6.09 Å². The van der Waals surface area contributed by atoms with E-state index < -0.39 is 5.60 Å². The Bertz CT molecular complexity index is 265. The lowest BCUT2D eigenvalue weighted by Gasteiger charge is -2.25. The molecule has 1 amide bonds. The monoisotopic (exact) mass is 227 g/mol. The smallest absolute Gasteiger partial charge is 0.410 e. The predicted octanol–water partition coefficient (Wildman–Crippen LogP) is 1.31. The Morgan fingerprint density at radius 2 is 1.88 bits per heavy atom. The molecule has 0 heterocycles. The Kier molecular flexibility index (Phi) is 5.83. The molecule has 0 saturated heterocycles. The van der Waals surface area contributed by atoms with Gasteiger partial charge in [-0.3, -0.25) is 4.90 Å². The molecule has 0 aliphatic rings. The highest BCUT2D eigenvalue weighted by molar-refractivity contribution is 5.67. The zero-order valence-corrected chi connectivity index (χ0v) is 10.8. The lowest BCUT2D eigenvalue weighted by Crippen LogP contribution is -2.38. The highest BCUT2D eigenvalue weighted by Gasteiger charge is 2.19. The normalized spacial score (nSPS) is 11.1. The van der Waals surface area contributed by atoms with E-state index in [1.807, 2.05) is 38.8 Å². The van der Waals surface area contributed by atoms with Crippen molar-refractivity contribution in [1.82, 2.24) is 9.80 Å². The van der Waals surface area contributed by atoms with Crippen LogP contribution in [0.5, 0.6) is 0 Å². The molecule has 0 aliphatic heterocycles. The van der Waals surface area contributed by atoms with E-state index in [1.54, 1.807) is 7.05 Å². The number of hydrogen-bond donors (Lipinski definition) is 0. The first-order valence-corrected chi connectivity index (χ1v) is 5.26. The third-order valence-corrected chi connectivity index (χ3v) is 1.86. The van der Waals surface area contributed by atoms with E-state index in [9.17, 15) is 4.79 Å². The van der Waals surface area contributed by atoms with Crippen molar-refractivity contribution in [2.45, 2.75) is 26.4 Å². The Hall–Kier alpha value is -1.28. The van der Waals surface area contributed by atoms with Crippen LogP contribution in [0.2, 0.25) is 0 Å². The number of nitrogens with zero attached hydrogens (tertiary/aromatic N) is 3. The summed E-state index contributed by atoms with van der Waals surface area (Å²) in [6.45, 7) is 7.07. The van der Waals surface area contributed by atoms with Crippen LogP contribution >= 0.6 is 0 Å². The summed E-state index contributed by atoms with van der Waals surface area (Å²) in [6.07, 6.45) is -0.335. The standard InChI is InChI=1S/C11H21N3O2/c1-11(2,3)16-10(15)14(5)9-8-13(4)7-6-12/h7-9H2,1-5H3. The maximum absolute atomic E-state index is 11.5. The first kappa shape index (κ1) is 14.7. The topological polar surface area (TPSA) is 56.6 Å². The first-order valence-electron chi connectivity index (χ1n) is 5.26. The van der Waals surface area contributed by atoms with Gasteiger partial charge in [0, 0.05) is 20.1 Å². The molecule has 0 spiro atoms. The highest BCUT2D eigenvalue weighted by Crippen LogP contribution is 2.08. The molecule has 5 heteroatoms. The molecular weight excluding hydrogens is 206 g/mol. The van der Waals surface area contributed by atoms with Gasteiger partial charge in [-0.05, 0) is 27.8 Å². The number of ether oxygens (including phenoxy) is 1. The number of amides is 1. The van der Waals surface area contributed by atoms with Crippen molar-refractivity contribution in [3.63, 3.8) is 0 Å². The second kappa shape index (κ2) is 6.33. The number of hydrogen-bond acceptors (Lipinski definition) is 4. The summed E-state index contributed by atoms with van der Waals surface area (Å²) in [7, 11) is 3.53. The van der Waals surface area contributed by atoms with Gasteiger partial charge in [0.25, 0.3) is 0 Å². The summed E-state index contributed by atoms with van der Waals surface area (Å²) in [5, 5.41) is 8.47. The molecule has 5 nitrogen and oxygen atoms in total. The van der Waals surface area contributed by atoms with Crippen LogP contribution in [0.4, 0.5) is 4.79 Å². The fourth-order valence-corrected chi connectivity index (χ4v) is 0.952. The van der Waals surface area contributed by atoms with Gasteiger partial charge in [-0.1, -0.05) is 0 Å². The highest BCUT2D eigenvalue weighted by atomic mass is 16.6. The average molecular weight is 227 g/mol. The number of rotatable bonds is 4. The molecule has 0 fully saturated rings. The molecule has 0 aromatic rings. The number of likely N-dealkylation sites (N-methyl/N-ethyl adjacent to an activating group) is 2. The summed E-state index contributed by atoms with van der Waals surface area (Å²) in [6, 6.07) is 2.05. The van der Waals surface area contributed by atoms with Crippen molar-refractivity contribution in [2.75, 3.05) is 33.7 Å². The molecule has 0 aromatic carbocycles. The fraction of sp³-hybridized carbons (Fsp3) is 0.818. The molecule has 0 aliphatic carbocycles. The van der Waals surface area contributed by atoms with Gasteiger partial charge in [-0.2, -0.15) is 5.26 Å². The zero-order chi connectivity index (χ0) is 12.8. The molecule has 0 aromatic heterocycles. The third kappa shape index (κ3) is 7.07. The van der Waals surface area contributed by atoms with Gasteiger partial charge in [0.1, 0.15) is 5.60 Å². The van der Waals surface area contributed by atoms with Gasteiger partial charge in [0.15, 0.2) is 0 Å². The van der Waals surface area contributed by atoms with Crippen LogP contribution in [-0.2, 0) is 4.74 Å². The van der Waals surface area contributed by atoms with Crippen molar-refractivity contribution in [1.29, 1.82) is 5.26 Å². The lowest BCUT2D eigenvalue weighted by atomic mass is 10.2. The largest absolute Gasteiger partial charge is 0.444 e. The van der Waals surface area contributed by atoms with Crippen molar-refractivity contribution in [2.24, 2.45) is 0 Å². The minimum atomic E-state index is -0.468. The van der Waals surface area contributed by atoms with E-state index in [1.165, 1.54) is 4.90 Å². The van der Waals surface area contributed by atoms with E-state index in [4.69, 9.17) is 10.00 Å². The molecule has 0 unspecified atom stereocenters. The maximum Gasteiger partial charge on any atom is 0.410 e. The van der Waals surface area contributed by atoms with Crippen molar-refractivity contribution < 1.29 is 9.53 Å². The minimum absolute atomic E-state index is 0.335. The lowest BCUT2D eigenvalue weighted by molar-refractivity contribution is 0.0289. The van der Waals surface area contributed by atoms with Gasteiger partial charge in [-0.15, -0.1) is 0 Å². The van der Waals surface area contributed by atoms with E-state index >= 15 is 0 Å². The third-order valence-electron chi connectivity index (χ3n) is 1.86. The molecule has 0 N–H and O–H groups in total. The summed E-state index contributed by atoms with van der Waals surface area (Å²) in [5.74, 6) is 0. The Morgan fingerprint density at radius 3 is 2.31 bits per heavy atom. The molecule has 0 saturated carbocycles. The summed E-state index contributed by atoms with van der Waals surface area (Å²) < 4.78 is 5.20. The van der Waals surface area contributed by atoms with Crippen LogP contribution in [0.25, 0.3) is 0 Å². The second-order valence-electron chi connectivity index (χ2n) is 4.80. The van der Waals surface area contributed by atoms with Crippen LogP contribution in [0, 0.1) is 11.3 Å². The summed E-state index contributed by atoms with van der Waals surface area (Å²) in [5.41, 5.74) is -0.468. The SMILES string of the molecule is CN(CC#N)CCN(C)C(=O)OC(C)(C)C. The Morgan fingerprint density at radius 1 is 1.31 bits per heavy atom. The molecule has 0 rings (SSSR count). The molecular formula is C11H21N3O2. The van der Waals surface area contributed by atoms with Gasteiger partial charge in [0.05, 0.1) is 12.6 Å². The number of carbonyl (C=O) groups excluding carboxylic acids is 1. The van der Waals surface area contributed by atoms with Crippen LogP contribution in [0.15, 0.2) is 0 Å². The summed E-state index contributed by atoms with van der Waals surface area (Å²) in [4.78, 5) is 14.9. The average Bonchev–Trinajstić information content (AvgIpc) is 2.11. The molecule has 0 atom stereocenters. The maximum atomic E-state index is 11.5. The zero-order valence-electron chi connectivity index (χ0n) is 10.8. The van der Waals surface area contributed by atoms with E-state index in [0.717, 1.165) is 0 Å². The fourth-order valence-electron chi connectivity index (χ4n) is 0.952. The second-order valence-corrected chi connectivity index (χ2v) is 4.80. The molecule has 0 radical (unpaired) electrons. The van der Waals surface area contributed by atoms with E-state index in [-0.39, 0.29) is 6.09 Å². The Labute approximate surface area is 97.6 Å². The predicted molar refractivity (Wildman–Crippen MR) is 62.0 cm³/mol. The minimum Gasteiger partial charge on any atom is -0.444 e. The van der Waals surface area contributed by atoms with Gasteiger partial charge in [0.2, 0.25) is 0 Å². The van der Waals surface area contributed by atoms with Crippen molar-refractivity contribution >= 4 is 6.09 Å². The Balaban J connectivity index is 3.94. The van der Waals surface area contributed by atoms with Crippen LogP contribution < -0.4 is 0 Å². The van der Waals surface area contributed by atoms with Gasteiger partial charge < -0.3 is 9.64 Å². The molecule has 0 bridgehead atoms. The van der Waals surface area contributed by atoms with Crippen molar-refractivity contribution in [3.05, 3.63) is 0 Å². The summed E-state index contributed by atoms with van der Waals surface area (Å²) >= 11 is 0. The van der Waals surface area contributed by atoms with Crippen LogP contribution in [0.1, 0.15) is 20.8 Å². The quantitative estimate of drug-likeness (QED) is 0.679. The molecule has 16 heavy (non-hydrogen) atoms. The van der Waals surface area contributed by atoms with Crippen molar-refractivity contribution in [3.8, 4) is 6.07 Å².